The van der Waals surface area contributed by atoms with E-state index < -0.39 is 0 Å². The first-order chi connectivity index (χ1) is 27.1. The molecular formula is C51H36N4. The summed E-state index contributed by atoms with van der Waals surface area (Å²) in [4.78, 5) is 20.3. The second-order valence-electron chi connectivity index (χ2n) is 13.7. The van der Waals surface area contributed by atoms with Crippen LogP contribution in [0.2, 0.25) is 0 Å². The van der Waals surface area contributed by atoms with Crippen LogP contribution in [0.1, 0.15) is 5.56 Å². The smallest absolute Gasteiger partial charge is 0.164 e. The zero-order valence-corrected chi connectivity index (χ0v) is 30.3. The number of benzene rings is 7. The molecule has 55 heavy (non-hydrogen) atoms. The van der Waals surface area contributed by atoms with E-state index in [0.717, 1.165) is 72.5 Å². The van der Waals surface area contributed by atoms with Crippen molar-refractivity contribution in [3.8, 4) is 89.9 Å². The van der Waals surface area contributed by atoms with Gasteiger partial charge < -0.3 is 0 Å². The monoisotopic (exact) mass is 704 g/mol. The van der Waals surface area contributed by atoms with Gasteiger partial charge in [0.05, 0.1) is 5.69 Å². The van der Waals surface area contributed by atoms with Crippen LogP contribution in [-0.4, -0.2) is 19.9 Å². The second kappa shape index (κ2) is 15.0. The Morgan fingerprint density at radius 1 is 0.273 bits per heavy atom. The molecule has 4 heteroatoms. The number of aromatic nitrogens is 4. The molecule has 9 rings (SSSR count). The zero-order chi connectivity index (χ0) is 37.0. The summed E-state index contributed by atoms with van der Waals surface area (Å²) in [6, 6.07) is 67.4. The average Bonchev–Trinajstić information content (AvgIpc) is 3.27. The number of hydrogen-bond acceptors (Lipinski definition) is 4. The molecule has 0 radical (unpaired) electrons. The lowest BCUT2D eigenvalue weighted by Crippen LogP contribution is -2.01. The third kappa shape index (κ3) is 7.35. The molecule has 0 fully saturated rings. The Morgan fingerprint density at radius 3 is 1.09 bits per heavy atom. The van der Waals surface area contributed by atoms with Gasteiger partial charge in [-0.1, -0.05) is 175 Å². The Labute approximate surface area is 321 Å². The molecule has 0 aliphatic rings. The molecule has 0 saturated carbocycles. The fourth-order valence-corrected chi connectivity index (χ4v) is 6.83. The van der Waals surface area contributed by atoms with Crippen LogP contribution in [0.15, 0.2) is 200 Å². The largest absolute Gasteiger partial charge is 0.256 e. The van der Waals surface area contributed by atoms with Crippen LogP contribution in [0.3, 0.4) is 0 Å². The quantitative estimate of drug-likeness (QED) is 0.158. The third-order valence-electron chi connectivity index (χ3n) is 9.88. The summed E-state index contributed by atoms with van der Waals surface area (Å²) in [5.74, 6) is 1.83. The first-order valence-corrected chi connectivity index (χ1v) is 18.5. The normalized spacial score (nSPS) is 11.0. The summed E-state index contributed by atoms with van der Waals surface area (Å²) in [7, 11) is 0. The summed E-state index contributed by atoms with van der Waals surface area (Å²) in [6.07, 6.45) is 1.95. The van der Waals surface area contributed by atoms with Crippen molar-refractivity contribution in [2.45, 2.75) is 6.92 Å². The zero-order valence-electron chi connectivity index (χ0n) is 30.3. The standard InChI is InChI=1S/C51H36N4/c1-35-17-19-40(20-18-35)45-31-46(44-29-30-48(52-34-44)41-15-9-4-10-16-41)33-47(32-45)51-54-49(42-25-21-38(22-26-42)36-11-5-2-6-12-36)53-50(55-51)43-27-23-39(24-28-43)37-13-7-3-8-14-37/h2-34H,1H3. The SMILES string of the molecule is Cc1ccc(-c2cc(-c3ccc(-c4ccccc4)nc3)cc(-c3nc(-c4ccc(-c5ccccc5)cc4)nc(-c4ccc(-c5ccccc5)cc4)n3)c2)cc1. The van der Waals surface area contributed by atoms with Crippen molar-refractivity contribution in [1.82, 2.24) is 19.9 Å². The molecule has 0 N–H and O–H groups in total. The van der Waals surface area contributed by atoms with E-state index in [-0.39, 0.29) is 0 Å². The van der Waals surface area contributed by atoms with Crippen LogP contribution in [0, 0.1) is 6.92 Å². The van der Waals surface area contributed by atoms with Gasteiger partial charge in [-0.15, -0.1) is 0 Å². The van der Waals surface area contributed by atoms with Gasteiger partial charge in [0.25, 0.3) is 0 Å². The Bertz CT molecular complexity index is 2590. The number of aryl methyl sites for hydroxylation is 1. The number of pyridine rings is 1. The second-order valence-corrected chi connectivity index (χ2v) is 13.7. The summed E-state index contributed by atoms with van der Waals surface area (Å²) in [5.41, 5.74) is 14.8. The molecule has 4 nitrogen and oxygen atoms in total. The fraction of sp³-hybridized carbons (Fsp3) is 0.0196. The number of hydrogen-bond donors (Lipinski definition) is 0. The highest BCUT2D eigenvalue weighted by atomic mass is 15.0. The maximum Gasteiger partial charge on any atom is 0.164 e. The topological polar surface area (TPSA) is 51.6 Å². The average molecular weight is 705 g/mol. The number of nitrogens with zero attached hydrogens (tertiary/aromatic N) is 4. The molecule has 7 aromatic carbocycles. The number of rotatable bonds is 8. The van der Waals surface area contributed by atoms with E-state index in [2.05, 4.69) is 171 Å². The minimum Gasteiger partial charge on any atom is -0.256 e. The molecular weight excluding hydrogens is 669 g/mol. The molecule has 2 aromatic heterocycles. The van der Waals surface area contributed by atoms with Crippen molar-refractivity contribution in [1.29, 1.82) is 0 Å². The van der Waals surface area contributed by atoms with Gasteiger partial charge in [0, 0.05) is 34.0 Å². The molecule has 260 valence electrons. The highest BCUT2D eigenvalue weighted by Gasteiger charge is 2.16. The summed E-state index contributed by atoms with van der Waals surface area (Å²) in [5, 5.41) is 0. The Kier molecular flexibility index (Phi) is 9.13. The molecule has 0 saturated heterocycles. The highest BCUT2D eigenvalue weighted by Crippen LogP contribution is 2.35. The Morgan fingerprint density at radius 2 is 0.618 bits per heavy atom. The Balaban J connectivity index is 1.18. The van der Waals surface area contributed by atoms with Crippen LogP contribution < -0.4 is 0 Å². The molecule has 9 aromatic rings. The van der Waals surface area contributed by atoms with E-state index in [1.807, 2.05) is 36.5 Å². The third-order valence-corrected chi connectivity index (χ3v) is 9.88. The molecule has 2 heterocycles. The van der Waals surface area contributed by atoms with E-state index in [0.29, 0.717) is 17.5 Å². The van der Waals surface area contributed by atoms with E-state index >= 15 is 0 Å². The van der Waals surface area contributed by atoms with Gasteiger partial charge in [0.2, 0.25) is 0 Å². The first kappa shape index (κ1) is 33.5. The van der Waals surface area contributed by atoms with Crippen LogP contribution in [0.5, 0.6) is 0 Å². The van der Waals surface area contributed by atoms with Crippen molar-refractivity contribution in [3.63, 3.8) is 0 Å². The van der Waals surface area contributed by atoms with Crippen molar-refractivity contribution in [2.75, 3.05) is 0 Å². The lowest BCUT2D eigenvalue weighted by Gasteiger charge is -2.13. The van der Waals surface area contributed by atoms with Gasteiger partial charge in [-0.2, -0.15) is 0 Å². The minimum absolute atomic E-state index is 0.600. The molecule has 0 atom stereocenters. The molecule has 0 aliphatic heterocycles. The van der Waals surface area contributed by atoms with Crippen molar-refractivity contribution >= 4 is 0 Å². The lowest BCUT2D eigenvalue weighted by molar-refractivity contribution is 1.07. The predicted octanol–water partition coefficient (Wildman–Crippen LogP) is 12.9. The van der Waals surface area contributed by atoms with Gasteiger partial charge in [-0.05, 0) is 70.1 Å². The van der Waals surface area contributed by atoms with Crippen LogP contribution >= 0.6 is 0 Å². The van der Waals surface area contributed by atoms with Crippen molar-refractivity contribution in [2.24, 2.45) is 0 Å². The fourth-order valence-electron chi connectivity index (χ4n) is 6.83. The van der Waals surface area contributed by atoms with Crippen molar-refractivity contribution < 1.29 is 0 Å². The van der Waals surface area contributed by atoms with E-state index in [4.69, 9.17) is 19.9 Å². The molecule has 0 unspecified atom stereocenters. The van der Waals surface area contributed by atoms with E-state index in [1.165, 1.54) is 5.56 Å². The van der Waals surface area contributed by atoms with Crippen LogP contribution in [-0.2, 0) is 0 Å². The van der Waals surface area contributed by atoms with Gasteiger partial charge in [-0.25, -0.2) is 15.0 Å². The highest BCUT2D eigenvalue weighted by molar-refractivity contribution is 5.81. The Hall–Kier alpha value is -7.30. The maximum absolute atomic E-state index is 5.17. The van der Waals surface area contributed by atoms with Gasteiger partial charge >= 0.3 is 0 Å². The van der Waals surface area contributed by atoms with Gasteiger partial charge in [0.15, 0.2) is 17.5 Å². The molecule has 0 amide bonds. The lowest BCUT2D eigenvalue weighted by atomic mass is 9.95. The van der Waals surface area contributed by atoms with Crippen LogP contribution in [0.4, 0.5) is 0 Å². The molecule has 0 aliphatic carbocycles. The van der Waals surface area contributed by atoms with Gasteiger partial charge in [-0.3, -0.25) is 4.98 Å². The maximum atomic E-state index is 5.17. The minimum atomic E-state index is 0.600. The first-order valence-electron chi connectivity index (χ1n) is 18.5. The molecule has 0 bridgehead atoms. The van der Waals surface area contributed by atoms with E-state index in [9.17, 15) is 0 Å². The summed E-state index contributed by atoms with van der Waals surface area (Å²) in [6.45, 7) is 2.11. The van der Waals surface area contributed by atoms with Crippen LogP contribution in [0.25, 0.3) is 89.9 Å². The summed E-state index contributed by atoms with van der Waals surface area (Å²) < 4.78 is 0. The van der Waals surface area contributed by atoms with E-state index in [1.54, 1.807) is 0 Å². The van der Waals surface area contributed by atoms with Gasteiger partial charge in [0.1, 0.15) is 0 Å². The van der Waals surface area contributed by atoms with Crippen molar-refractivity contribution in [3.05, 3.63) is 206 Å². The molecule has 0 spiro atoms. The predicted molar refractivity (Wildman–Crippen MR) is 226 cm³/mol. The summed E-state index contributed by atoms with van der Waals surface area (Å²) >= 11 is 0.